The van der Waals surface area contributed by atoms with Crippen molar-refractivity contribution >= 4 is 5.91 Å². The Kier molecular flexibility index (Phi) is 5.10. The summed E-state index contributed by atoms with van der Waals surface area (Å²) in [6.45, 7) is 5.36. The molecule has 0 saturated carbocycles. The van der Waals surface area contributed by atoms with Crippen LogP contribution in [0, 0.1) is 13.8 Å². The summed E-state index contributed by atoms with van der Waals surface area (Å²) >= 11 is 0. The summed E-state index contributed by atoms with van der Waals surface area (Å²) in [6, 6.07) is 8.39. The average molecular weight is 373 g/mol. The van der Waals surface area contributed by atoms with Crippen LogP contribution in [-0.4, -0.2) is 43.8 Å². The van der Waals surface area contributed by atoms with Crippen molar-refractivity contribution < 1.29 is 4.79 Å². The largest absolute Gasteiger partial charge is 0.337 e. The van der Waals surface area contributed by atoms with E-state index in [1.54, 1.807) is 12.4 Å². The summed E-state index contributed by atoms with van der Waals surface area (Å²) in [7, 11) is 0. The average Bonchev–Trinajstić information content (AvgIpc) is 2.74. The molecule has 28 heavy (non-hydrogen) atoms. The van der Waals surface area contributed by atoms with Crippen molar-refractivity contribution in [2.75, 3.05) is 13.1 Å². The molecule has 3 aromatic rings. The molecule has 0 aliphatic carbocycles. The van der Waals surface area contributed by atoms with Crippen LogP contribution in [0.4, 0.5) is 0 Å². The maximum Gasteiger partial charge on any atom is 0.274 e. The summed E-state index contributed by atoms with van der Waals surface area (Å²) in [5.41, 5.74) is 4.78. The number of rotatable bonds is 3. The van der Waals surface area contributed by atoms with Gasteiger partial charge in [0.1, 0.15) is 11.5 Å². The molecule has 6 heteroatoms. The second kappa shape index (κ2) is 7.84. The molecule has 1 aliphatic heterocycles. The van der Waals surface area contributed by atoms with Crippen LogP contribution in [0.5, 0.6) is 0 Å². The molecule has 0 N–H and O–H groups in total. The SMILES string of the molecule is Cc1cccc(-c2cnc(C)nc2[C@@H]2CCCN(C(=O)c3cnccn3)C2)c1. The Labute approximate surface area is 164 Å². The molecule has 0 bridgehead atoms. The third kappa shape index (κ3) is 3.76. The summed E-state index contributed by atoms with van der Waals surface area (Å²) in [4.78, 5) is 32.1. The second-order valence-electron chi connectivity index (χ2n) is 7.27. The molecular formula is C22H23N5O. The molecule has 1 aliphatic rings. The number of hydrogen-bond acceptors (Lipinski definition) is 5. The number of aryl methyl sites for hydroxylation is 2. The number of likely N-dealkylation sites (tertiary alicyclic amines) is 1. The summed E-state index contributed by atoms with van der Waals surface area (Å²) in [5, 5.41) is 0. The molecular weight excluding hydrogens is 350 g/mol. The summed E-state index contributed by atoms with van der Waals surface area (Å²) < 4.78 is 0. The van der Waals surface area contributed by atoms with Crippen LogP contribution in [0.2, 0.25) is 0 Å². The van der Waals surface area contributed by atoms with Crippen molar-refractivity contribution in [3.05, 3.63) is 71.8 Å². The lowest BCUT2D eigenvalue weighted by Gasteiger charge is -2.33. The van der Waals surface area contributed by atoms with E-state index >= 15 is 0 Å². The maximum absolute atomic E-state index is 12.8. The van der Waals surface area contributed by atoms with Crippen molar-refractivity contribution in [2.24, 2.45) is 0 Å². The van der Waals surface area contributed by atoms with Crippen LogP contribution < -0.4 is 0 Å². The van der Waals surface area contributed by atoms with Gasteiger partial charge in [0.15, 0.2) is 0 Å². The number of aromatic nitrogens is 4. The van der Waals surface area contributed by atoms with Crippen molar-refractivity contribution in [1.82, 2.24) is 24.8 Å². The highest BCUT2D eigenvalue weighted by Gasteiger charge is 2.29. The van der Waals surface area contributed by atoms with Gasteiger partial charge in [-0.2, -0.15) is 0 Å². The monoisotopic (exact) mass is 373 g/mol. The third-order valence-electron chi connectivity index (χ3n) is 5.15. The number of carbonyl (C=O) groups excluding carboxylic acids is 1. The quantitative estimate of drug-likeness (QED) is 0.702. The fourth-order valence-electron chi connectivity index (χ4n) is 3.79. The van der Waals surface area contributed by atoms with Crippen LogP contribution in [-0.2, 0) is 0 Å². The minimum Gasteiger partial charge on any atom is -0.337 e. The lowest BCUT2D eigenvalue weighted by Crippen LogP contribution is -2.39. The fraction of sp³-hybridized carbons (Fsp3) is 0.318. The number of amides is 1. The number of benzene rings is 1. The normalized spacial score (nSPS) is 16.8. The number of piperidine rings is 1. The van der Waals surface area contributed by atoms with Gasteiger partial charge in [-0.05, 0) is 32.3 Å². The topological polar surface area (TPSA) is 71.9 Å². The Hall–Kier alpha value is -3.15. The van der Waals surface area contributed by atoms with E-state index in [9.17, 15) is 4.79 Å². The maximum atomic E-state index is 12.8. The fourth-order valence-corrected chi connectivity index (χ4v) is 3.79. The van der Waals surface area contributed by atoms with Gasteiger partial charge in [0, 0.05) is 43.2 Å². The van der Waals surface area contributed by atoms with Crippen molar-refractivity contribution in [1.29, 1.82) is 0 Å². The Balaban J connectivity index is 1.65. The Morgan fingerprint density at radius 2 is 2.04 bits per heavy atom. The van der Waals surface area contributed by atoms with Gasteiger partial charge in [0.25, 0.3) is 5.91 Å². The van der Waals surface area contributed by atoms with Crippen molar-refractivity contribution in [3.63, 3.8) is 0 Å². The smallest absolute Gasteiger partial charge is 0.274 e. The molecule has 1 amide bonds. The standard InChI is InChI=1S/C22H23N5O/c1-15-5-3-6-17(11-15)19-12-25-16(2)26-21(19)18-7-4-10-27(14-18)22(28)20-13-23-8-9-24-20/h3,5-6,8-9,11-13,18H,4,7,10,14H2,1-2H3/t18-/m1/s1. The predicted molar refractivity (Wildman–Crippen MR) is 107 cm³/mol. The zero-order valence-electron chi connectivity index (χ0n) is 16.2. The lowest BCUT2D eigenvalue weighted by atomic mass is 9.89. The highest BCUT2D eigenvalue weighted by Crippen LogP contribution is 2.33. The van der Waals surface area contributed by atoms with Crippen molar-refractivity contribution in [2.45, 2.75) is 32.6 Å². The van der Waals surface area contributed by atoms with E-state index in [4.69, 9.17) is 4.98 Å². The highest BCUT2D eigenvalue weighted by molar-refractivity contribution is 5.92. The molecule has 1 fully saturated rings. The van der Waals surface area contributed by atoms with E-state index in [-0.39, 0.29) is 11.8 Å². The number of nitrogens with zero attached hydrogens (tertiary/aromatic N) is 5. The van der Waals surface area contributed by atoms with Gasteiger partial charge in [-0.15, -0.1) is 0 Å². The minimum atomic E-state index is -0.0688. The molecule has 1 aromatic carbocycles. The summed E-state index contributed by atoms with van der Waals surface area (Å²) in [6.07, 6.45) is 8.51. The predicted octanol–water partition coefficient (Wildman–Crippen LogP) is 3.57. The van der Waals surface area contributed by atoms with Crippen LogP contribution in [0.15, 0.2) is 49.1 Å². The highest BCUT2D eigenvalue weighted by atomic mass is 16.2. The number of hydrogen-bond donors (Lipinski definition) is 0. The van der Waals surface area contributed by atoms with E-state index in [1.807, 2.05) is 18.0 Å². The Bertz CT molecular complexity index is 989. The first kappa shape index (κ1) is 18.2. The molecule has 0 spiro atoms. The van der Waals surface area contributed by atoms with E-state index in [0.717, 1.165) is 42.0 Å². The van der Waals surface area contributed by atoms with E-state index in [2.05, 4.69) is 46.1 Å². The first-order chi connectivity index (χ1) is 13.6. The minimum absolute atomic E-state index is 0.0688. The van der Waals surface area contributed by atoms with E-state index < -0.39 is 0 Å². The first-order valence-corrected chi connectivity index (χ1v) is 9.57. The molecule has 3 heterocycles. The van der Waals surface area contributed by atoms with Crippen LogP contribution >= 0.6 is 0 Å². The van der Waals surface area contributed by atoms with Gasteiger partial charge >= 0.3 is 0 Å². The zero-order chi connectivity index (χ0) is 19.5. The van der Waals surface area contributed by atoms with Crippen LogP contribution in [0.3, 0.4) is 0 Å². The van der Waals surface area contributed by atoms with E-state index in [1.165, 1.54) is 11.8 Å². The molecule has 4 rings (SSSR count). The molecule has 0 radical (unpaired) electrons. The Morgan fingerprint density at radius 1 is 1.14 bits per heavy atom. The molecule has 142 valence electrons. The van der Waals surface area contributed by atoms with Gasteiger partial charge in [0.05, 0.1) is 11.9 Å². The molecule has 2 aromatic heterocycles. The molecule has 0 unspecified atom stereocenters. The van der Waals surface area contributed by atoms with Gasteiger partial charge in [-0.3, -0.25) is 9.78 Å². The first-order valence-electron chi connectivity index (χ1n) is 9.57. The lowest BCUT2D eigenvalue weighted by molar-refractivity contribution is 0.0699. The Morgan fingerprint density at radius 3 is 2.82 bits per heavy atom. The third-order valence-corrected chi connectivity index (χ3v) is 5.15. The molecule has 1 saturated heterocycles. The summed E-state index contributed by atoms with van der Waals surface area (Å²) in [5.74, 6) is 0.857. The van der Waals surface area contributed by atoms with Crippen LogP contribution in [0.25, 0.3) is 11.1 Å². The molecule has 1 atom stereocenters. The zero-order valence-corrected chi connectivity index (χ0v) is 16.2. The van der Waals surface area contributed by atoms with Crippen LogP contribution in [0.1, 0.15) is 46.3 Å². The van der Waals surface area contributed by atoms with E-state index in [0.29, 0.717) is 12.2 Å². The van der Waals surface area contributed by atoms with Gasteiger partial charge in [0.2, 0.25) is 0 Å². The van der Waals surface area contributed by atoms with Gasteiger partial charge in [-0.25, -0.2) is 15.0 Å². The van der Waals surface area contributed by atoms with Gasteiger partial charge < -0.3 is 4.90 Å². The van der Waals surface area contributed by atoms with Gasteiger partial charge in [-0.1, -0.05) is 29.8 Å². The number of carbonyl (C=O) groups is 1. The second-order valence-corrected chi connectivity index (χ2v) is 7.27. The molecule has 6 nitrogen and oxygen atoms in total. The van der Waals surface area contributed by atoms with Crippen molar-refractivity contribution in [3.8, 4) is 11.1 Å².